The van der Waals surface area contributed by atoms with E-state index in [4.69, 9.17) is 4.74 Å². The van der Waals surface area contributed by atoms with E-state index in [1.807, 2.05) is 0 Å². The molecule has 1 aliphatic heterocycles. The van der Waals surface area contributed by atoms with E-state index in [0.29, 0.717) is 0 Å². The summed E-state index contributed by atoms with van der Waals surface area (Å²) < 4.78 is 5.52. The molecule has 2 rings (SSSR count). The van der Waals surface area contributed by atoms with Crippen LogP contribution in [0.2, 0.25) is 0 Å². The van der Waals surface area contributed by atoms with Gasteiger partial charge in [0.25, 0.3) is 0 Å². The van der Waals surface area contributed by atoms with Crippen molar-refractivity contribution in [3.63, 3.8) is 0 Å². The van der Waals surface area contributed by atoms with Gasteiger partial charge in [-0.3, -0.25) is 0 Å². The molecule has 106 valence electrons. The molecule has 0 spiro atoms. The monoisotopic (exact) mass is 262 g/mol. The van der Waals surface area contributed by atoms with Gasteiger partial charge < -0.3 is 15.0 Å². The largest absolute Gasteiger partial charge is 0.493 e. The Bertz CT molecular complexity index is 392. The van der Waals surface area contributed by atoms with Crippen LogP contribution in [0.1, 0.15) is 31.4 Å². The lowest BCUT2D eigenvalue weighted by Crippen LogP contribution is -2.32. The zero-order chi connectivity index (χ0) is 13.5. The summed E-state index contributed by atoms with van der Waals surface area (Å²) in [6.07, 6.45) is 2.29. The Morgan fingerprint density at radius 3 is 2.95 bits per heavy atom. The molecule has 0 fully saturated rings. The first-order chi connectivity index (χ1) is 9.33. The van der Waals surface area contributed by atoms with Gasteiger partial charge in [0, 0.05) is 26.1 Å². The van der Waals surface area contributed by atoms with Gasteiger partial charge in [-0.05, 0) is 36.7 Å². The Labute approximate surface area is 116 Å². The van der Waals surface area contributed by atoms with Gasteiger partial charge in [0.1, 0.15) is 5.75 Å². The van der Waals surface area contributed by atoms with Crippen molar-refractivity contribution >= 4 is 0 Å². The van der Waals surface area contributed by atoms with E-state index in [1.165, 1.54) is 24.1 Å². The van der Waals surface area contributed by atoms with Crippen molar-refractivity contribution in [1.82, 2.24) is 10.2 Å². The normalized spacial score (nSPS) is 13.6. The van der Waals surface area contributed by atoms with Gasteiger partial charge in [-0.2, -0.15) is 0 Å². The molecule has 0 saturated heterocycles. The maximum atomic E-state index is 5.52. The first-order valence-electron chi connectivity index (χ1n) is 7.51. The Morgan fingerprint density at radius 2 is 2.16 bits per heavy atom. The summed E-state index contributed by atoms with van der Waals surface area (Å²) in [5, 5.41) is 3.53. The van der Waals surface area contributed by atoms with Crippen molar-refractivity contribution < 1.29 is 4.74 Å². The Kier molecular flexibility index (Phi) is 5.67. The number of likely N-dealkylation sites (N-methyl/N-ethyl adjacent to an activating group) is 1. The topological polar surface area (TPSA) is 24.5 Å². The maximum absolute atomic E-state index is 5.52. The average molecular weight is 262 g/mol. The number of rotatable bonds is 8. The fourth-order valence-corrected chi connectivity index (χ4v) is 2.56. The lowest BCUT2D eigenvalue weighted by Gasteiger charge is -2.19. The molecule has 0 aliphatic carbocycles. The molecule has 0 radical (unpaired) electrons. The van der Waals surface area contributed by atoms with Crippen molar-refractivity contribution in [3.8, 4) is 5.75 Å². The van der Waals surface area contributed by atoms with Crippen LogP contribution >= 0.6 is 0 Å². The highest BCUT2D eigenvalue weighted by Gasteiger charge is 2.11. The molecule has 0 atom stereocenters. The first-order valence-corrected chi connectivity index (χ1v) is 7.51. The van der Waals surface area contributed by atoms with E-state index in [2.05, 4.69) is 42.3 Å². The van der Waals surface area contributed by atoms with E-state index >= 15 is 0 Å². The van der Waals surface area contributed by atoms with Crippen molar-refractivity contribution in [1.29, 1.82) is 0 Å². The molecule has 0 saturated carbocycles. The van der Waals surface area contributed by atoms with Gasteiger partial charge in [0.05, 0.1) is 6.61 Å². The van der Waals surface area contributed by atoms with Crippen LogP contribution in [0.15, 0.2) is 18.2 Å². The van der Waals surface area contributed by atoms with Gasteiger partial charge in [-0.1, -0.05) is 26.0 Å². The lowest BCUT2D eigenvalue weighted by atomic mass is 10.1. The summed E-state index contributed by atoms with van der Waals surface area (Å²) in [5.41, 5.74) is 2.73. The van der Waals surface area contributed by atoms with E-state index in [1.54, 1.807) is 0 Å². The van der Waals surface area contributed by atoms with Crippen molar-refractivity contribution in [2.75, 3.05) is 32.8 Å². The number of hydrogen-bond donors (Lipinski definition) is 1. The third-order valence-electron chi connectivity index (χ3n) is 3.67. The van der Waals surface area contributed by atoms with Crippen molar-refractivity contribution in [3.05, 3.63) is 29.3 Å². The standard InChI is InChI=1S/C16H26N2O/c1-3-9-18(4-2)10-8-17-13-14-5-6-16-15(12-14)7-11-19-16/h5-6,12,17H,3-4,7-11,13H2,1-2H3. The number of fused-ring (bicyclic) bond motifs is 1. The van der Waals surface area contributed by atoms with Crippen molar-refractivity contribution in [2.24, 2.45) is 0 Å². The summed E-state index contributed by atoms with van der Waals surface area (Å²) in [5.74, 6) is 1.07. The Morgan fingerprint density at radius 1 is 1.26 bits per heavy atom. The van der Waals surface area contributed by atoms with E-state index in [-0.39, 0.29) is 0 Å². The van der Waals surface area contributed by atoms with Gasteiger partial charge in [0.2, 0.25) is 0 Å². The molecule has 0 amide bonds. The van der Waals surface area contributed by atoms with E-state index in [9.17, 15) is 0 Å². The second-order valence-corrected chi connectivity index (χ2v) is 5.15. The quantitative estimate of drug-likeness (QED) is 0.728. The van der Waals surface area contributed by atoms with Gasteiger partial charge >= 0.3 is 0 Å². The molecule has 0 aromatic heterocycles. The minimum absolute atomic E-state index is 0.842. The third-order valence-corrected chi connectivity index (χ3v) is 3.67. The smallest absolute Gasteiger partial charge is 0.122 e. The van der Waals surface area contributed by atoms with Gasteiger partial charge in [0.15, 0.2) is 0 Å². The first kappa shape index (κ1) is 14.4. The predicted molar refractivity (Wildman–Crippen MR) is 79.8 cm³/mol. The molecule has 3 heteroatoms. The highest BCUT2D eigenvalue weighted by atomic mass is 16.5. The number of benzene rings is 1. The molecular formula is C16H26N2O. The summed E-state index contributed by atoms with van der Waals surface area (Å²) in [6, 6.07) is 6.55. The van der Waals surface area contributed by atoms with Crippen LogP contribution in [0.5, 0.6) is 5.75 Å². The van der Waals surface area contributed by atoms with Gasteiger partial charge in [-0.15, -0.1) is 0 Å². The van der Waals surface area contributed by atoms with Crippen LogP contribution in [-0.2, 0) is 13.0 Å². The summed E-state index contributed by atoms with van der Waals surface area (Å²) in [7, 11) is 0. The number of nitrogens with zero attached hydrogens (tertiary/aromatic N) is 1. The SMILES string of the molecule is CCCN(CC)CCNCc1ccc2c(c1)CCO2. The molecule has 0 unspecified atom stereocenters. The molecule has 3 nitrogen and oxygen atoms in total. The van der Waals surface area contributed by atoms with Crippen molar-refractivity contribution in [2.45, 2.75) is 33.2 Å². The van der Waals surface area contributed by atoms with Gasteiger partial charge in [-0.25, -0.2) is 0 Å². The van der Waals surface area contributed by atoms with Crippen LogP contribution in [0.3, 0.4) is 0 Å². The van der Waals surface area contributed by atoms with Crippen LogP contribution in [0.4, 0.5) is 0 Å². The van der Waals surface area contributed by atoms with E-state index in [0.717, 1.165) is 45.0 Å². The Hall–Kier alpha value is -1.06. The zero-order valence-corrected chi connectivity index (χ0v) is 12.2. The minimum atomic E-state index is 0.842. The molecule has 1 heterocycles. The fourth-order valence-electron chi connectivity index (χ4n) is 2.56. The highest BCUT2D eigenvalue weighted by Crippen LogP contribution is 2.25. The Balaban J connectivity index is 1.71. The van der Waals surface area contributed by atoms with Crippen LogP contribution in [0, 0.1) is 0 Å². The van der Waals surface area contributed by atoms with Crippen LogP contribution in [0.25, 0.3) is 0 Å². The summed E-state index contributed by atoms with van der Waals surface area (Å²) in [6.45, 7) is 10.8. The second-order valence-electron chi connectivity index (χ2n) is 5.15. The number of hydrogen-bond acceptors (Lipinski definition) is 3. The van der Waals surface area contributed by atoms with Crippen LogP contribution < -0.4 is 10.1 Å². The molecular weight excluding hydrogens is 236 g/mol. The fraction of sp³-hybridized carbons (Fsp3) is 0.625. The second kappa shape index (κ2) is 7.51. The molecule has 0 bridgehead atoms. The maximum Gasteiger partial charge on any atom is 0.122 e. The molecule has 1 N–H and O–H groups in total. The number of ether oxygens (including phenoxy) is 1. The molecule has 1 aromatic rings. The van der Waals surface area contributed by atoms with E-state index < -0.39 is 0 Å². The lowest BCUT2D eigenvalue weighted by molar-refractivity contribution is 0.287. The van der Waals surface area contributed by atoms with Crippen LogP contribution in [-0.4, -0.2) is 37.7 Å². The molecule has 19 heavy (non-hydrogen) atoms. The zero-order valence-electron chi connectivity index (χ0n) is 12.2. The third kappa shape index (κ3) is 4.22. The minimum Gasteiger partial charge on any atom is -0.493 e. The highest BCUT2D eigenvalue weighted by molar-refractivity contribution is 5.39. The summed E-state index contributed by atoms with van der Waals surface area (Å²) >= 11 is 0. The number of nitrogens with one attached hydrogen (secondary N) is 1. The molecule has 1 aromatic carbocycles. The predicted octanol–water partition coefficient (Wildman–Crippen LogP) is 2.44. The summed E-state index contributed by atoms with van der Waals surface area (Å²) in [4.78, 5) is 2.49. The average Bonchev–Trinajstić information content (AvgIpc) is 2.89. The molecule has 1 aliphatic rings.